The Labute approximate surface area is 155 Å². The highest BCUT2D eigenvalue weighted by Crippen LogP contribution is 2.34. The molecule has 0 spiro atoms. The first kappa shape index (κ1) is 18.4. The number of unbranched alkanes of at least 4 members (excludes halogenated alkanes) is 4. The lowest BCUT2D eigenvalue weighted by Gasteiger charge is -2.28. The van der Waals surface area contributed by atoms with Crippen LogP contribution in [0.5, 0.6) is 0 Å². The molecule has 1 heterocycles. The van der Waals surface area contributed by atoms with Crippen molar-refractivity contribution in [1.82, 2.24) is 5.32 Å². The molecule has 1 N–H and O–H groups in total. The molecule has 0 bridgehead atoms. The number of hydrogen-bond acceptors (Lipinski definition) is 3. The molecule has 0 saturated carbocycles. The van der Waals surface area contributed by atoms with E-state index in [1.165, 1.54) is 25.7 Å². The molecule has 0 fully saturated rings. The van der Waals surface area contributed by atoms with Gasteiger partial charge in [-0.25, -0.2) is 0 Å². The van der Waals surface area contributed by atoms with Gasteiger partial charge in [-0.15, -0.1) is 0 Å². The molecule has 26 heavy (non-hydrogen) atoms. The molecule has 1 aliphatic rings. The highest BCUT2D eigenvalue weighted by Gasteiger charge is 2.26. The smallest absolute Gasteiger partial charge is 0.258 e. The van der Waals surface area contributed by atoms with Crippen molar-refractivity contribution >= 4 is 28.3 Å². The van der Waals surface area contributed by atoms with Gasteiger partial charge in [-0.1, -0.05) is 51.7 Å². The summed E-state index contributed by atoms with van der Waals surface area (Å²) >= 11 is 0. The summed E-state index contributed by atoms with van der Waals surface area (Å²) in [6.07, 6.45) is 7.14. The molecule has 0 radical (unpaired) electrons. The van der Waals surface area contributed by atoms with Crippen LogP contribution >= 0.6 is 0 Å². The van der Waals surface area contributed by atoms with Crippen LogP contribution in [0.2, 0.25) is 0 Å². The second kappa shape index (κ2) is 8.35. The van der Waals surface area contributed by atoms with Gasteiger partial charge in [-0.3, -0.25) is 14.9 Å². The lowest BCUT2D eigenvalue weighted by molar-refractivity contribution is 0.0845. The normalized spacial score (nSPS) is 13.2. The van der Waals surface area contributed by atoms with E-state index in [9.17, 15) is 9.59 Å². The van der Waals surface area contributed by atoms with Crippen LogP contribution in [-0.2, 0) is 0 Å². The molecule has 3 rings (SSSR count). The summed E-state index contributed by atoms with van der Waals surface area (Å²) in [6.45, 7) is 6.45. The lowest BCUT2D eigenvalue weighted by Crippen LogP contribution is -2.35. The molecule has 4 nitrogen and oxygen atoms in total. The van der Waals surface area contributed by atoms with E-state index in [4.69, 9.17) is 0 Å². The van der Waals surface area contributed by atoms with Crippen molar-refractivity contribution < 1.29 is 9.59 Å². The molecule has 2 aromatic rings. The fourth-order valence-corrected chi connectivity index (χ4v) is 3.74. The summed E-state index contributed by atoms with van der Waals surface area (Å²) in [7, 11) is 0. The van der Waals surface area contributed by atoms with E-state index >= 15 is 0 Å². The van der Waals surface area contributed by atoms with Crippen molar-refractivity contribution in [2.45, 2.75) is 52.4 Å². The zero-order chi connectivity index (χ0) is 18.5. The number of carbonyl (C=O) groups is 2. The van der Waals surface area contributed by atoms with E-state index in [-0.39, 0.29) is 11.8 Å². The summed E-state index contributed by atoms with van der Waals surface area (Å²) in [5.74, 6) is -0.595. The van der Waals surface area contributed by atoms with Gasteiger partial charge in [0.1, 0.15) is 0 Å². The molecule has 0 atom stereocenters. The van der Waals surface area contributed by atoms with Gasteiger partial charge in [0.25, 0.3) is 11.8 Å². The Morgan fingerprint density at radius 1 is 0.808 bits per heavy atom. The fourth-order valence-electron chi connectivity index (χ4n) is 3.74. The van der Waals surface area contributed by atoms with Crippen LogP contribution in [0, 0.1) is 0 Å². The van der Waals surface area contributed by atoms with Crippen molar-refractivity contribution in [3.05, 3.63) is 41.5 Å². The molecular formula is C22H28N2O2. The second-order valence-electron chi connectivity index (χ2n) is 7.04. The summed E-state index contributed by atoms with van der Waals surface area (Å²) in [5, 5.41) is 4.25. The first-order valence-electron chi connectivity index (χ1n) is 9.83. The van der Waals surface area contributed by atoms with Crippen LogP contribution in [-0.4, -0.2) is 24.9 Å². The summed E-state index contributed by atoms with van der Waals surface area (Å²) in [5.41, 5.74) is 2.34. The minimum absolute atomic E-state index is 0.297. The van der Waals surface area contributed by atoms with Gasteiger partial charge in [-0.2, -0.15) is 0 Å². The second-order valence-corrected chi connectivity index (χ2v) is 7.04. The predicted molar refractivity (Wildman–Crippen MR) is 107 cm³/mol. The summed E-state index contributed by atoms with van der Waals surface area (Å²) in [6, 6.07) is 9.67. The Kier molecular flexibility index (Phi) is 5.92. The third-order valence-electron chi connectivity index (χ3n) is 5.14. The highest BCUT2D eigenvalue weighted by molar-refractivity contribution is 6.26. The van der Waals surface area contributed by atoms with Crippen molar-refractivity contribution in [1.29, 1.82) is 0 Å². The number of rotatable bonds is 9. The number of nitrogens with one attached hydrogen (secondary N) is 1. The molecule has 0 aliphatic carbocycles. The van der Waals surface area contributed by atoms with E-state index in [0.29, 0.717) is 11.1 Å². The number of nitrogens with zero attached hydrogens (tertiary/aromatic N) is 1. The van der Waals surface area contributed by atoms with Gasteiger partial charge in [0.05, 0.1) is 0 Å². The topological polar surface area (TPSA) is 49.4 Å². The third-order valence-corrected chi connectivity index (χ3v) is 5.14. The third kappa shape index (κ3) is 3.59. The minimum Gasteiger partial charge on any atom is -0.371 e. The van der Waals surface area contributed by atoms with Crippen LogP contribution in [0.25, 0.3) is 10.8 Å². The highest BCUT2D eigenvalue weighted by atomic mass is 16.2. The number of benzene rings is 2. The minimum atomic E-state index is -0.297. The van der Waals surface area contributed by atoms with E-state index in [2.05, 4.69) is 30.1 Å². The van der Waals surface area contributed by atoms with Crippen LogP contribution in [0.1, 0.15) is 73.1 Å². The SMILES string of the molecule is CCCCCN(CCCCC)c1ccc2c3c(cccc13)C(=O)NC2=O. The molecule has 0 unspecified atom stereocenters. The van der Waals surface area contributed by atoms with Gasteiger partial charge in [0.15, 0.2) is 0 Å². The van der Waals surface area contributed by atoms with Crippen LogP contribution in [0.4, 0.5) is 5.69 Å². The lowest BCUT2D eigenvalue weighted by atomic mass is 9.93. The molecule has 0 aromatic heterocycles. The average Bonchev–Trinajstić information content (AvgIpc) is 2.65. The van der Waals surface area contributed by atoms with E-state index < -0.39 is 0 Å². The summed E-state index contributed by atoms with van der Waals surface area (Å²) < 4.78 is 0. The number of amides is 2. The van der Waals surface area contributed by atoms with Gasteiger partial charge in [-0.05, 0) is 31.0 Å². The van der Waals surface area contributed by atoms with Crippen LogP contribution in [0.3, 0.4) is 0 Å². The standard InChI is InChI=1S/C22H28N2O2/c1-3-5-7-14-24(15-8-6-4-2)19-13-12-18-20-16(19)10-9-11-17(20)21(25)23-22(18)26/h9-13H,3-8,14-15H2,1-2H3,(H,23,25,26). The zero-order valence-corrected chi connectivity index (χ0v) is 15.8. The average molecular weight is 352 g/mol. The molecular weight excluding hydrogens is 324 g/mol. The number of carbonyl (C=O) groups excluding carboxylic acids is 2. The molecule has 138 valence electrons. The van der Waals surface area contributed by atoms with Crippen molar-refractivity contribution in [2.75, 3.05) is 18.0 Å². The monoisotopic (exact) mass is 352 g/mol. The van der Waals surface area contributed by atoms with Gasteiger partial charge in [0, 0.05) is 40.7 Å². The van der Waals surface area contributed by atoms with Gasteiger partial charge < -0.3 is 4.90 Å². The largest absolute Gasteiger partial charge is 0.371 e. The van der Waals surface area contributed by atoms with Crippen LogP contribution < -0.4 is 10.2 Å². The quantitative estimate of drug-likeness (QED) is 0.515. The Hall–Kier alpha value is -2.36. The van der Waals surface area contributed by atoms with E-state index in [1.807, 2.05) is 18.2 Å². The molecule has 1 aliphatic heterocycles. The van der Waals surface area contributed by atoms with Gasteiger partial charge in [0.2, 0.25) is 0 Å². The van der Waals surface area contributed by atoms with Crippen LogP contribution in [0.15, 0.2) is 30.3 Å². The number of imide groups is 1. The maximum atomic E-state index is 12.2. The molecule has 2 aromatic carbocycles. The Balaban J connectivity index is 2.03. The number of hydrogen-bond donors (Lipinski definition) is 1. The maximum absolute atomic E-state index is 12.2. The first-order chi connectivity index (χ1) is 12.7. The Morgan fingerprint density at radius 2 is 1.42 bits per heavy atom. The summed E-state index contributed by atoms with van der Waals surface area (Å²) in [4.78, 5) is 26.9. The predicted octanol–water partition coefficient (Wildman–Crippen LogP) is 4.91. The van der Waals surface area contributed by atoms with E-state index in [0.717, 1.165) is 42.4 Å². The van der Waals surface area contributed by atoms with Crippen molar-refractivity contribution in [3.8, 4) is 0 Å². The van der Waals surface area contributed by atoms with E-state index in [1.54, 1.807) is 6.07 Å². The fraction of sp³-hybridized carbons (Fsp3) is 0.455. The zero-order valence-electron chi connectivity index (χ0n) is 15.8. The Bertz CT molecular complexity index is 783. The number of anilines is 1. The maximum Gasteiger partial charge on any atom is 0.258 e. The first-order valence-corrected chi connectivity index (χ1v) is 9.83. The van der Waals surface area contributed by atoms with Gasteiger partial charge >= 0.3 is 0 Å². The Morgan fingerprint density at radius 3 is 2.04 bits per heavy atom. The van der Waals surface area contributed by atoms with Crippen molar-refractivity contribution in [2.24, 2.45) is 0 Å². The molecule has 4 heteroatoms. The molecule has 0 saturated heterocycles. The van der Waals surface area contributed by atoms with Crippen molar-refractivity contribution in [3.63, 3.8) is 0 Å². The molecule has 2 amide bonds.